The molecule has 1 N–H and O–H groups in total. The van der Waals surface area contributed by atoms with Crippen LogP contribution in [0.1, 0.15) is 16.7 Å². The Morgan fingerprint density at radius 3 is 2.48 bits per heavy atom. The van der Waals surface area contributed by atoms with Crippen LogP contribution in [0.5, 0.6) is 0 Å². The van der Waals surface area contributed by atoms with Gasteiger partial charge in [-0.2, -0.15) is 0 Å². The third-order valence-corrected chi connectivity index (χ3v) is 4.71. The molecule has 0 fully saturated rings. The van der Waals surface area contributed by atoms with Gasteiger partial charge in [0.05, 0.1) is 0 Å². The van der Waals surface area contributed by atoms with E-state index < -0.39 is 13.4 Å². The fourth-order valence-corrected chi connectivity index (χ4v) is 2.98. The SMILES string of the molecule is COP(=O)(NCc1cc(=O)oc2c(C)cc(C)cc12)OC. The molecule has 1 aromatic carbocycles. The summed E-state index contributed by atoms with van der Waals surface area (Å²) in [5, 5.41) is 3.50. The molecule has 0 atom stereocenters. The van der Waals surface area contributed by atoms with Crippen molar-refractivity contribution in [2.75, 3.05) is 14.2 Å². The van der Waals surface area contributed by atoms with Crippen molar-refractivity contribution in [3.05, 3.63) is 45.3 Å². The summed E-state index contributed by atoms with van der Waals surface area (Å²) in [4.78, 5) is 11.7. The second-order valence-electron chi connectivity index (χ2n) is 4.75. The Morgan fingerprint density at radius 1 is 1.19 bits per heavy atom. The van der Waals surface area contributed by atoms with Crippen molar-refractivity contribution in [1.82, 2.24) is 5.09 Å². The molecule has 6 nitrogen and oxygen atoms in total. The lowest BCUT2D eigenvalue weighted by atomic mass is 10.0. The van der Waals surface area contributed by atoms with E-state index in [4.69, 9.17) is 13.5 Å². The van der Waals surface area contributed by atoms with Gasteiger partial charge in [-0.05, 0) is 36.6 Å². The zero-order valence-corrected chi connectivity index (χ0v) is 13.3. The van der Waals surface area contributed by atoms with Crippen LogP contribution in [-0.2, 0) is 20.2 Å². The summed E-state index contributed by atoms with van der Waals surface area (Å²) in [5.41, 5.74) is 2.70. The largest absolute Gasteiger partial charge is 0.422 e. The van der Waals surface area contributed by atoms with E-state index in [1.54, 1.807) is 0 Å². The molecule has 21 heavy (non-hydrogen) atoms. The zero-order chi connectivity index (χ0) is 15.6. The first-order valence-corrected chi connectivity index (χ1v) is 7.93. The van der Waals surface area contributed by atoms with Crippen LogP contribution < -0.4 is 10.7 Å². The van der Waals surface area contributed by atoms with Gasteiger partial charge in [-0.3, -0.25) is 0 Å². The molecule has 0 aliphatic rings. The van der Waals surface area contributed by atoms with E-state index in [1.807, 2.05) is 26.0 Å². The molecule has 1 heterocycles. The highest BCUT2D eigenvalue weighted by Gasteiger charge is 2.21. The molecule has 114 valence electrons. The maximum atomic E-state index is 12.0. The molecule has 1 aromatic heterocycles. The van der Waals surface area contributed by atoms with Crippen molar-refractivity contribution >= 4 is 18.7 Å². The number of rotatable bonds is 5. The number of fused-ring (bicyclic) bond motifs is 1. The highest BCUT2D eigenvalue weighted by Crippen LogP contribution is 2.41. The van der Waals surface area contributed by atoms with Crippen LogP contribution in [0, 0.1) is 13.8 Å². The van der Waals surface area contributed by atoms with Gasteiger partial charge in [0.25, 0.3) is 0 Å². The molecule has 0 saturated carbocycles. The van der Waals surface area contributed by atoms with Gasteiger partial charge in [0.15, 0.2) is 0 Å². The fraction of sp³-hybridized carbons (Fsp3) is 0.357. The lowest BCUT2D eigenvalue weighted by molar-refractivity contribution is 0.264. The molecule has 0 amide bonds. The van der Waals surface area contributed by atoms with Gasteiger partial charge < -0.3 is 13.5 Å². The zero-order valence-electron chi connectivity index (χ0n) is 12.4. The first kappa shape index (κ1) is 15.9. The van der Waals surface area contributed by atoms with Crippen molar-refractivity contribution in [2.24, 2.45) is 0 Å². The maximum absolute atomic E-state index is 12.0. The summed E-state index contributed by atoms with van der Waals surface area (Å²) >= 11 is 0. The van der Waals surface area contributed by atoms with Gasteiger partial charge in [-0.1, -0.05) is 6.07 Å². The maximum Gasteiger partial charge on any atom is 0.405 e. The second-order valence-corrected chi connectivity index (χ2v) is 6.79. The van der Waals surface area contributed by atoms with Crippen LogP contribution in [0.3, 0.4) is 0 Å². The third-order valence-electron chi connectivity index (χ3n) is 3.20. The average Bonchev–Trinajstić information content (AvgIpc) is 2.45. The Labute approximate surface area is 122 Å². The van der Waals surface area contributed by atoms with E-state index in [2.05, 4.69) is 5.09 Å². The Bertz CT molecular complexity index is 760. The molecular weight excluding hydrogens is 293 g/mol. The summed E-state index contributed by atoms with van der Waals surface area (Å²) in [6, 6.07) is 5.24. The first-order chi connectivity index (χ1) is 9.88. The molecule has 0 aliphatic heterocycles. The van der Waals surface area contributed by atoms with E-state index >= 15 is 0 Å². The van der Waals surface area contributed by atoms with Gasteiger partial charge >= 0.3 is 13.4 Å². The predicted octanol–water partition coefficient (Wildman–Crippen LogP) is 2.90. The molecule has 7 heteroatoms. The summed E-state index contributed by atoms with van der Waals surface area (Å²) < 4.78 is 26.9. The summed E-state index contributed by atoms with van der Waals surface area (Å²) in [6.07, 6.45) is 0. The quantitative estimate of drug-likeness (QED) is 0.676. The predicted molar refractivity (Wildman–Crippen MR) is 80.4 cm³/mol. The van der Waals surface area contributed by atoms with E-state index in [-0.39, 0.29) is 6.54 Å². The van der Waals surface area contributed by atoms with Crippen LogP contribution in [-0.4, -0.2) is 14.2 Å². The Kier molecular flexibility index (Phi) is 4.64. The standard InChI is InChI=1S/C14H18NO5P/c1-9-5-10(2)14-12(6-9)11(7-13(16)20-14)8-15-21(17,18-3)19-4/h5-7H,8H2,1-4H3,(H,15,17). The second kappa shape index (κ2) is 6.12. The van der Waals surface area contributed by atoms with Crippen molar-refractivity contribution in [1.29, 1.82) is 0 Å². The molecule has 0 aliphatic carbocycles. The highest BCUT2D eigenvalue weighted by atomic mass is 31.2. The summed E-state index contributed by atoms with van der Waals surface area (Å²) in [5.74, 6) is 0. The fourth-order valence-electron chi connectivity index (χ4n) is 2.21. The van der Waals surface area contributed by atoms with Crippen LogP contribution in [0.4, 0.5) is 0 Å². The number of hydrogen-bond donors (Lipinski definition) is 1. The van der Waals surface area contributed by atoms with Crippen molar-refractivity contribution in [3.63, 3.8) is 0 Å². The van der Waals surface area contributed by atoms with E-state index in [0.717, 1.165) is 16.5 Å². The normalized spacial score (nSPS) is 12.0. The number of hydrogen-bond acceptors (Lipinski definition) is 5. The van der Waals surface area contributed by atoms with Gasteiger partial charge in [-0.15, -0.1) is 0 Å². The van der Waals surface area contributed by atoms with E-state index in [1.165, 1.54) is 20.3 Å². The first-order valence-electron chi connectivity index (χ1n) is 6.39. The molecule has 2 aromatic rings. The van der Waals surface area contributed by atoms with E-state index in [0.29, 0.717) is 11.1 Å². The minimum Gasteiger partial charge on any atom is -0.422 e. The number of nitrogens with one attached hydrogen (secondary N) is 1. The minimum absolute atomic E-state index is 0.171. The number of aryl methyl sites for hydroxylation is 2. The lowest BCUT2D eigenvalue weighted by Gasteiger charge is -2.15. The Hall–Kier alpha value is -1.46. The van der Waals surface area contributed by atoms with Crippen molar-refractivity contribution < 1.29 is 18.0 Å². The van der Waals surface area contributed by atoms with Gasteiger partial charge in [0, 0.05) is 32.2 Å². The van der Waals surface area contributed by atoms with Crippen LogP contribution >= 0.6 is 7.75 Å². The topological polar surface area (TPSA) is 77.8 Å². The highest BCUT2D eigenvalue weighted by molar-refractivity contribution is 7.51. The minimum atomic E-state index is -3.35. The smallest absolute Gasteiger partial charge is 0.405 e. The average molecular weight is 311 g/mol. The summed E-state index contributed by atoms with van der Waals surface area (Å²) in [6.45, 7) is 4.01. The molecular formula is C14H18NO5P. The Morgan fingerprint density at radius 2 is 1.86 bits per heavy atom. The molecule has 0 spiro atoms. The monoisotopic (exact) mass is 311 g/mol. The molecule has 0 saturated heterocycles. The summed E-state index contributed by atoms with van der Waals surface area (Å²) in [7, 11) is -0.757. The van der Waals surface area contributed by atoms with Gasteiger partial charge in [0.2, 0.25) is 0 Å². The van der Waals surface area contributed by atoms with Gasteiger partial charge in [-0.25, -0.2) is 14.4 Å². The van der Waals surface area contributed by atoms with Gasteiger partial charge in [0.1, 0.15) is 5.58 Å². The number of benzene rings is 1. The van der Waals surface area contributed by atoms with E-state index in [9.17, 15) is 9.36 Å². The molecule has 0 bridgehead atoms. The lowest BCUT2D eigenvalue weighted by Crippen LogP contribution is -2.14. The third kappa shape index (κ3) is 3.41. The van der Waals surface area contributed by atoms with Crippen molar-refractivity contribution in [2.45, 2.75) is 20.4 Å². The van der Waals surface area contributed by atoms with Crippen LogP contribution in [0.2, 0.25) is 0 Å². The molecule has 0 unspecified atom stereocenters. The van der Waals surface area contributed by atoms with Crippen LogP contribution in [0.25, 0.3) is 11.0 Å². The van der Waals surface area contributed by atoms with Crippen molar-refractivity contribution in [3.8, 4) is 0 Å². The van der Waals surface area contributed by atoms with Crippen LogP contribution in [0.15, 0.2) is 27.4 Å². The molecule has 0 radical (unpaired) electrons. The Balaban J connectivity index is 2.49. The molecule has 2 rings (SSSR count).